The highest BCUT2D eigenvalue weighted by atomic mass is 32.2. The first-order chi connectivity index (χ1) is 9.92. The maximum atomic E-state index is 12.1. The van der Waals surface area contributed by atoms with Crippen LogP contribution in [-0.4, -0.2) is 29.7 Å². The molecule has 21 heavy (non-hydrogen) atoms. The summed E-state index contributed by atoms with van der Waals surface area (Å²) in [5.41, 5.74) is 4.66. The van der Waals surface area contributed by atoms with E-state index in [2.05, 4.69) is 9.82 Å². The lowest BCUT2D eigenvalue weighted by molar-refractivity contribution is -0.386. The second kappa shape index (κ2) is 5.89. The number of nitrogens with zero attached hydrogens (tertiary/aromatic N) is 3. The van der Waals surface area contributed by atoms with E-state index < -0.39 is 25.5 Å². The van der Waals surface area contributed by atoms with E-state index in [9.17, 15) is 18.5 Å². The number of nitro benzene ring substituents is 1. The van der Waals surface area contributed by atoms with Crippen molar-refractivity contribution in [2.24, 2.45) is 0 Å². The standard InChI is InChI=1S/C11H13N5O4S/c12-9-3-1-4-10(11(9)16(17)18)21(19,20)14-6-8-15-7-2-5-13-15/h1-5,7,14H,6,8,12H2. The summed E-state index contributed by atoms with van der Waals surface area (Å²) in [5, 5.41) is 14.9. The predicted molar refractivity (Wildman–Crippen MR) is 74.9 cm³/mol. The molecule has 0 unspecified atom stereocenters. The molecule has 0 amide bonds. The van der Waals surface area contributed by atoms with Gasteiger partial charge in [-0.05, 0) is 18.2 Å². The van der Waals surface area contributed by atoms with Crippen LogP contribution in [0.25, 0.3) is 0 Å². The van der Waals surface area contributed by atoms with Gasteiger partial charge in [-0.2, -0.15) is 5.10 Å². The van der Waals surface area contributed by atoms with Crippen molar-refractivity contribution in [2.75, 3.05) is 12.3 Å². The maximum absolute atomic E-state index is 12.1. The first-order valence-corrected chi connectivity index (χ1v) is 7.40. The summed E-state index contributed by atoms with van der Waals surface area (Å²) in [6, 6.07) is 5.48. The van der Waals surface area contributed by atoms with Crippen LogP contribution in [0.1, 0.15) is 0 Å². The van der Waals surface area contributed by atoms with Crippen molar-refractivity contribution in [3.05, 3.63) is 46.8 Å². The van der Waals surface area contributed by atoms with Crippen molar-refractivity contribution in [3.63, 3.8) is 0 Å². The second-order valence-electron chi connectivity index (χ2n) is 4.12. The van der Waals surface area contributed by atoms with Crippen molar-refractivity contribution in [1.82, 2.24) is 14.5 Å². The summed E-state index contributed by atoms with van der Waals surface area (Å²) in [5.74, 6) is 0. The molecule has 2 aromatic rings. The smallest absolute Gasteiger partial charge is 0.312 e. The number of hydrogen-bond donors (Lipinski definition) is 2. The van der Waals surface area contributed by atoms with E-state index >= 15 is 0 Å². The number of nitrogens with one attached hydrogen (secondary N) is 1. The van der Waals surface area contributed by atoms with Crippen molar-refractivity contribution >= 4 is 21.4 Å². The van der Waals surface area contributed by atoms with Crippen LogP contribution in [0.5, 0.6) is 0 Å². The SMILES string of the molecule is Nc1cccc(S(=O)(=O)NCCn2cccn2)c1[N+](=O)[O-]. The molecule has 1 aromatic heterocycles. The van der Waals surface area contributed by atoms with Gasteiger partial charge in [-0.3, -0.25) is 14.8 Å². The normalized spacial score (nSPS) is 11.4. The first kappa shape index (κ1) is 14.9. The third-order valence-corrected chi connectivity index (χ3v) is 4.19. The van der Waals surface area contributed by atoms with Gasteiger partial charge in [-0.15, -0.1) is 0 Å². The molecule has 0 saturated carbocycles. The number of hydrogen-bond acceptors (Lipinski definition) is 6. The Bertz CT molecular complexity index is 742. The molecule has 1 aromatic carbocycles. The minimum atomic E-state index is -4.02. The number of sulfonamides is 1. The number of nitro groups is 1. The van der Waals surface area contributed by atoms with Gasteiger partial charge in [0, 0.05) is 18.9 Å². The predicted octanol–water partition coefficient (Wildman–Crippen LogP) is 0.352. The van der Waals surface area contributed by atoms with E-state index in [1.54, 1.807) is 18.5 Å². The van der Waals surface area contributed by atoms with Gasteiger partial charge in [0.15, 0.2) is 4.90 Å². The Morgan fingerprint density at radius 3 is 2.76 bits per heavy atom. The van der Waals surface area contributed by atoms with Crippen LogP contribution in [0.4, 0.5) is 11.4 Å². The summed E-state index contributed by atoms with van der Waals surface area (Å²) >= 11 is 0. The molecule has 10 heteroatoms. The first-order valence-electron chi connectivity index (χ1n) is 5.92. The molecule has 0 spiro atoms. The van der Waals surface area contributed by atoms with Crippen molar-refractivity contribution in [3.8, 4) is 0 Å². The van der Waals surface area contributed by atoms with Gasteiger partial charge >= 0.3 is 5.69 Å². The molecule has 9 nitrogen and oxygen atoms in total. The van der Waals surface area contributed by atoms with Gasteiger partial charge in [-0.25, -0.2) is 13.1 Å². The van der Waals surface area contributed by atoms with Crippen LogP contribution in [0.3, 0.4) is 0 Å². The molecule has 0 aliphatic carbocycles. The van der Waals surface area contributed by atoms with Crippen LogP contribution in [-0.2, 0) is 16.6 Å². The minimum Gasteiger partial charge on any atom is -0.393 e. The van der Waals surface area contributed by atoms with E-state index in [1.165, 1.54) is 16.8 Å². The molecule has 0 fully saturated rings. The van der Waals surface area contributed by atoms with Crippen LogP contribution >= 0.6 is 0 Å². The molecule has 0 aliphatic heterocycles. The molecule has 0 bridgehead atoms. The number of anilines is 1. The number of benzene rings is 1. The highest BCUT2D eigenvalue weighted by Crippen LogP contribution is 2.29. The summed E-state index contributed by atoms with van der Waals surface area (Å²) in [7, 11) is -4.02. The maximum Gasteiger partial charge on any atom is 0.312 e. The quantitative estimate of drug-likeness (QED) is 0.449. The fraction of sp³-hybridized carbons (Fsp3) is 0.182. The van der Waals surface area contributed by atoms with Crippen LogP contribution in [0.2, 0.25) is 0 Å². The van der Waals surface area contributed by atoms with E-state index in [1.807, 2.05) is 0 Å². The van der Waals surface area contributed by atoms with Crippen molar-refractivity contribution in [2.45, 2.75) is 11.4 Å². The molecule has 0 atom stereocenters. The Hall–Kier alpha value is -2.46. The largest absolute Gasteiger partial charge is 0.393 e. The Kier molecular flexibility index (Phi) is 4.19. The summed E-state index contributed by atoms with van der Waals surface area (Å²) in [6.45, 7) is 0.359. The van der Waals surface area contributed by atoms with Gasteiger partial charge < -0.3 is 5.73 Å². The zero-order chi connectivity index (χ0) is 15.5. The zero-order valence-electron chi connectivity index (χ0n) is 10.8. The van der Waals surface area contributed by atoms with Gasteiger partial charge in [-0.1, -0.05) is 6.07 Å². The van der Waals surface area contributed by atoms with E-state index in [0.717, 1.165) is 6.07 Å². The fourth-order valence-corrected chi connectivity index (χ4v) is 2.98. The summed E-state index contributed by atoms with van der Waals surface area (Å²) in [6.07, 6.45) is 3.24. The van der Waals surface area contributed by atoms with Crippen LogP contribution in [0, 0.1) is 10.1 Å². The van der Waals surface area contributed by atoms with Crippen LogP contribution in [0.15, 0.2) is 41.6 Å². The lowest BCUT2D eigenvalue weighted by Crippen LogP contribution is -2.28. The molecular formula is C11H13N5O4S. The number of nitrogens with two attached hydrogens (primary N) is 1. The third-order valence-electron chi connectivity index (χ3n) is 2.69. The van der Waals surface area contributed by atoms with Gasteiger partial charge in [0.2, 0.25) is 10.0 Å². The Labute approximate surface area is 120 Å². The van der Waals surface area contributed by atoms with Crippen molar-refractivity contribution < 1.29 is 13.3 Å². The molecule has 0 radical (unpaired) electrons. The monoisotopic (exact) mass is 311 g/mol. The molecule has 1 heterocycles. The zero-order valence-corrected chi connectivity index (χ0v) is 11.7. The summed E-state index contributed by atoms with van der Waals surface area (Å²) < 4.78 is 28.1. The van der Waals surface area contributed by atoms with Gasteiger partial charge in [0.05, 0.1) is 11.5 Å². The number of para-hydroxylation sites is 1. The lowest BCUT2D eigenvalue weighted by atomic mass is 10.3. The molecule has 3 N–H and O–H groups in total. The Morgan fingerprint density at radius 1 is 1.38 bits per heavy atom. The van der Waals surface area contributed by atoms with Gasteiger partial charge in [0.25, 0.3) is 0 Å². The number of nitrogen functional groups attached to an aromatic ring is 1. The second-order valence-corrected chi connectivity index (χ2v) is 5.85. The van der Waals surface area contributed by atoms with Crippen LogP contribution < -0.4 is 10.5 Å². The molecular weight excluding hydrogens is 298 g/mol. The molecule has 0 aliphatic rings. The highest BCUT2D eigenvalue weighted by Gasteiger charge is 2.27. The average Bonchev–Trinajstić information content (AvgIpc) is 2.91. The number of rotatable bonds is 6. The third kappa shape index (κ3) is 3.35. The lowest BCUT2D eigenvalue weighted by Gasteiger charge is -2.08. The van der Waals surface area contributed by atoms with E-state index in [-0.39, 0.29) is 12.2 Å². The van der Waals surface area contributed by atoms with E-state index in [4.69, 9.17) is 5.73 Å². The van der Waals surface area contributed by atoms with E-state index in [0.29, 0.717) is 6.54 Å². The topological polar surface area (TPSA) is 133 Å². The summed E-state index contributed by atoms with van der Waals surface area (Å²) in [4.78, 5) is 9.71. The van der Waals surface area contributed by atoms with Crippen molar-refractivity contribution in [1.29, 1.82) is 0 Å². The molecule has 112 valence electrons. The molecule has 0 saturated heterocycles. The molecule has 2 rings (SSSR count). The van der Waals surface area contributed by atoms with Gasteiger partial charge in [0.1, 0.15) is 5.69 Å². The fourth-order valence-electron chi connectivity index (χ4n) is 1.76. The Morgan fingerprint density at radius 2 is 2.14 bits per heavy atom. The number of aromatic nitrogens is 2. The highest BCUT2D eigenvalue weighted by molar-refractivity contribution is 7.89. The Balaban J connectivity index is 2.20. The average molecular weight is 311 g/mol. The minimum absolute atomic E-state index is 0.0516.